The zero-order valence-electron chi connectivity index (χ0n) is 31.5. The van der Waals surface area contributed by atoms with Gasteiger partial charge in [0.2, 0.25) is 35.4 Å². The van der Waals surface area contributed by atoms with Crippen LogP contribution in [-0.2, 0) is 35.2 Å². The number of hydrogen-bond donors (Lipinski definition) is 6. The van der Waals surface area contributed by atoms with Gasteiger partial charge in [0.15, 0.2) is 0 Å². The summed E-state index contributed by atoms with van der Waals surface area (Å²) in [6, 6.07) is 5.63. The molecule has 1 spiro atoms. The molecule has 1 aromatic rings. The molecule has 1 aliphatic heterocycles. The first-order chi connectivity index (χ1) is 25.7. The van der Waals surface area contributed by atoms with Crippen molar-refractivity contribution in [2.75, 3.05) is 25.0 Å². The predicted octanol–water partition coefficient (Wildman–Crippen LogP) is 4.56. The van der Waals surface area contributed by atoms with Gasteiger partial charge in [-0.15, -0.1) is 0 Å². The van der Waals surface area contributed by atoms with Gasteiger partial charge < -0.3 is 31.9 Å². The molecular formula is C41H62N6O6. The molecule has 3 saturated carbocycles. The molecule has 2 atom stereocenters. The fourth-order valence-corrected chi connectivity index (χ4v) is 8.91. The van der Waals surface area contributed by atoms with E-state index in [0.29, 0.717) is 31.1 Å². The number of benzene rings is 1. The SMILES string of the molecule is O=C1CNC(=O)[C@@H](Cc2ccc(NC(=O)[C@@H](NC(=O)CC3CCCCC3)C3CCCCC3)cc2)NC(=O)CC2(CCCC2)CC(=O)NCCCCCN1. The molecule has 0 aromatic heterocycles. The van der Waals surface area contributed by atoms with Gasteiger partial charge in [-0.25, -0.2) is 0 Å². The Balaban J connectivity index is 1.24. The van der Waals surface area contributed by atoms with E-state index in [1.165, 1.54) is 6.42 Å². The van der Waals surface area contributed by atoms with Gasteiger partial charge in [-0.2, -0.15) is 0 Å². The van der Waals surface area contributed by atoms with E-state index in [4.69, 9.17) is 0 Å². The molecule has 4 aliphatic rings. The summed E-state index contributed by atoms with van der Waals surface area (Å²) >= 11 is 0. The van der Waals surface area contributed by atoms with E-state index < -0.39 is 23.4 Å². The fourth-order valence-electron chi connectivity index (χ4n) is 8.91. The van der Waals surface area contributed by atoms with Gasteiger partial charge in [-0.05, 0) is 92.7 Å². The standard InChI is InChI=1S/C41H62N6O6/c48-34(25-29-12-4-1-5-13-29)47-38(31-14-6-2-7-15-31)40(53)45-32-18-16-30(17-19-32)24-33-39(52)44-28-37(51)43-23-11-3-10-22-42-35(49)26-41(20-8-9-21-41)27-36(50)46-33/h16-19,29,31,33,38H,1-15,20-28H2,(H,42,49)(H,43,51)(H,44,52)(H,45,53)(H,46,50)(H,47,48)/t33-,38+/m1/s1. The zero-order chi connectivity index (χ0) is 37.5. The Bertz CT molecular complexity index is 1400. The van der Waals surface area contributed by atoms with E-state index in [0.717, 1.165) is 108 Å². The van der Waals surface area contributed by atoms with Crippen LogP contribution in [0.2, 0.25) is 0 Å². The van der Waals surface area contributed by atoms with Crippen LogP contribution in [0.4, 0.5) is 5.69 Å². The second kappa shape index (κ2) is 20.5. The number of nitrogens with one attached hydrogen (secondary N) is 6. The highest BCUT2D eigenvalue weighted by atomic mass is 16.2. The highest BCUT2D eigenvalue weighted by Gasteiger charge is 2.39. The van der Waals surface area contributed by atoms with Crippen LogP contribution < -0.4 is 31.9 Å². The lowest BCUT2D eigenvalue weighted by atomic mass is 9.78. The van der Waals surface area contributed by atoms with Gasteiger partial charge in [-0.1, -0.05) is 63.5 Å². The molecule has 1 heterocycles. The van der Waals surface area contributed by atoms with Crippen LogP contribution in [0.5, 0.6) is 0 Å². The topological polar surface area (TPSA) is 175 Å². The smallest absolute Gasteiger partial charge is 0.247 e. The van der Waals surface area contributed by atoms with Crippen molar-refractivity contribution in [2.45, 2.75) is 147 Å². The molecule has 53 heavy (non-hydrogen) atoms. The lowest BCUT2D eigenvalue weighted by Crippen LogP contribution is -2.51. The number of carbonyl (C=O) groups is 6. The van der Waals surface area contributed by atoms with Crippen LogP contribution in [-0.4, -0.2) is 67.2 Å². The van der Waals surface area contributed by atoms with E-state index in [2.05, 4.69) is 31.9 Å². The minimum Gasteiger partial charge on any atom is -0.356 e. The van der Waals surface area contributed by atoms with Crippen LogP contribution in [0.15, 0.2) is 24.3 Å². The third kappa shape index (κ3) is 13.1. The number of hydrogen-bond acceptors (Lipinski definition) is 6. The second-order valence-electron chi connectivity index (χ2n) is 16.2. The van der Waals surface area contributed by atoms with E-state index in [1.54, 1.807) is 12.1 Å². The van der Waals surface area contributed by atoms with Crippen LogP contribution in [0.1, 0.15) is 134 Å². The summed E-state index contributed by atoms with van der Waals surface area (Å²) in [4.78, 5) is 79.1. The molecule has 1 saturated heterocycles. The highest BCUT2D eigenvalue weighted by Crippen LogP contribution is 2.44. The lowest BCUT2D eigenvalue weighted by molar-refractivity contribution is -0.132. The van der Waals surface area contributed by atoms with E-state index in [9.17, 15) is 28.8 Å². The van der Waals surface area contributed by atoms with Crippen molar-refractivity contribution in [1.82, 2.24) is 26.6 Å². The van der Waals surface area contributed by atoms with Crippen molar-refractivity contribution in [3.05, 3.63) is 29.8 Å². The fraction of sp³-hybridized carbons (Fsp3) is 0.707. The minimum absolute atomic E-state index is 0.0434. The van der Waals surface area contributed by atoms with Crippen LogP contribution in [0, 0.1) is 17.3 Å². The van der Waals surface area contributed by atoms with Crippen LogP contribution in [0.3, 0.4) is 0 Å². The van der Waals surface area contributed by atoms with Gasteiger partial charge in [0.1, 0.15) is 12.1 Å². The number of rotatable bonds is 8. The Morgan fingerprint density at radius 2 is 1.30 bits per heavy atom. The summed E-state index contributed by atoms with van der Waals surface area (Å²) in [5.74, 6) is -0.903. The molecule has 6 amide bonds. The van der Waals surface area contributed by atoms with Crippen molar-refractivity contribution in [1.29, 1.82) is 0 Å². The normalized spacial score (nSPS) is 23.7. The largest absolute Gasteiger partial charge is 0.356 e. The maximum absolute atomic E-state index is 13.7. The maximum atomic E-state index is 13.7. The second-order valence-corrected chi connectivity index (χ2v) is 16.2. The van der Waals surface area contributed by atoms with Gasteiger partial charge in [0, 0.05) is 44.5 Å². The molecule has 12 heteroatoms. The van der Waals surface area contributed by atoms with E-state index in [-0.39, 0.29) is 61.3 Å². The van der Waals surface area contributed by atoms with Gasteiger partial charge in [0.25, 0.3) is 0 Å². The average molecular weight is 735 g/mol. The van der Waals surface area contributed by atoms with Crippen molar-refractivity contribution in [3.63, 3.8) is 0 Å². The summed E-state index contributed by atoms with van der Waals surface area (Å²) < 4.78 is 0. The summed E-state index contributed by atoms with van der Waals surface area (Å²) in [5, 5.41) is 17.6. The third-order valence-corrected chi connectivity index (χ3v) is 11.9. The third-order valence-electron chi connectivity index (χ3n) is 11.9. The summed E-state index contributed by atoms with van der Waals surface area (Å²) in [6.45, 7) is 0.840. The first-order valence-corrected chi connectivity index (χ1v) is 20.5. The van der Waals surface area contributed by atoms with Gasteiger partial charge in [-0.3, -0.25) is 28.8 Å². The molecule has 4 fully saturated rings. The maximum Gasteiger partial charge on any atom is 0.247 e. The molecule has 0 radical (unpaired) electrons. The molecule has 0 unspecified atom stereocenters. The number of anilines is 1. The quantitative estimate of drug-likeness (QED) is 0.228. The first-order valence-electron chi connectivity index (χ1n) is 20.5. The van der Waals surface area contributed by atoms with Gasteiger partial charge in [0.05, 0.1) is 6.54 Å². The molecule has 0 bridgehead atoms. The van der Waals surface area contributed by atoms with Crippen molar-refractivity contribution < 1.29 is 28.8 Å². The van der Waals surface area contributed by atoms with Crippen molar-refractivity contribution in [2.24, 2.45) is 17.3 Å². The first kappa shape index (κ1) is 40.2. The minimum atomic E-state index is -0.947. The Kier molecular flexibility index (Phi) is 15.5. The zero-order valence-corrected chi connectivity index (χ0v) is 31.5. The van der Waals surface area contributed by atoms with Crippen molar-refractivity contribution in [3.8, 4) is 0 Å². The van der Waals surface area contributed by atoms with Crippen molar-refractivity contribution >= 4 is 41.1 Å². The lowest BCUT2D eigenvalue weighted by Gasteiger charge is -2.31. The molecule has 292 valence electrons. The van der Waals surface area contributed by atoms with E-state index in [1.807, 2.05) is 12.1 Å². The van der Waals surface area contributed by atoms with E-state index >= 15 is 0 Å². The van der Waals surface area contributed by atoms with Crippen LogP contribution in [0.25, 0.3) is 0 Å². The highest BCUT2D eigenvalue weighted by molar-refractivity contribution is 5.97. The Labute approximate surface area is 314 Å². The molecule has 5 rings (SSSR count). The molecule has 12 nitrogen and oxygen atoms in total. The monoisotopic (exact) mass is 734 g/mol. The Morgan fingerprint density at radius 3 is 1.98 bits per heavy atom. The Hall–Kier alpha value is -3.96. The van der Waals surface area contributed by atoms with Gasteiger partial charge >= 0.3 is 0 Å². The van der Waals surface area contributed by atoms with Crippen LogP contribution >= 0.6 is 0 Å². The Morgan fingerprint density at radius 1 is 0.698 bits per heavy atom. The number of carbonyl (C=O) groups excluding carboxylic acids is 6. The summed E-state index contributed by atoms with van der Waals surface area (Å²) in [5.41, 5.74) is 0.901. The molecule has 1 aromatic carbocycles. The predicted molar refractivity (Wildman–Crippen MR) is 203 cm³/mol. The summed E-state index contributed by atoms with van der Waals surface area (Å²) in [7, 11) is 0. The molecule has 3 aliphatic carbocycles. The average Bonchev–Trinajstić information content (AvgIpc) is 3.60. The number of amides is 6. The summed E-state index contributed by atoms with van der Waals surface area (Å²) in [6.07, 6.45) is 17.7. The molecular weight excluding hydrogens is 672 g/mol. The molecule has 6 N–H and O–H groups in total.